The number of aromatic nitrogens is 1. The molecule has 3 amide bonds. The van der Waals surface area contributed by atoms with Crippen LogP contribution in [0.5, 0.6) is 5.75 Å². The summed E-state index contributed by atoms with van der Waals surface area (Å²) in [6.07, 6.45) is 1.59. The van der Waals surface area contributed by atoms with Crippen molar-refractivity contribution in [3.8, 4) is 5.75 Å². The molecule has 31 heavy (non-hydrogen) atoms. The van der Waals surface area contributed by atoms with Crippen LogP contribution in [0.4, 0.5) is 5.69 Å². The van der Waals surface area contributed by atoms with E-state index in [1.165, 1.54) is 0 Å². The fraction of sp³-hybridized carbons (Fsp3) is 0.273. The highest BCUT2D eigenvalue weighted by atomic mass is 16.5. The van der Waals surface area contributed by atoms with Crippen LogP contribution in [0.1, 0.15) is 20.8 Å². The predicted molar refractivity (Wildman–Crippen MR) is 111 cm³/mol. The molecule has 1 aromatic heterocycles. The van der Waals surface area contributed by atoms with Crippen molar-refractivity contribution in [1.82, 2.24) is 14.8 Å². The molecule has 9 heteroatoms. The van der Waals surface area contributed by atoms with E-state index < -0.39 is 0 Å². The number of ether oxygens (including phenoxy) is 1. The molecule has 0 saturated carbocycles. The van der Waals surface area contributed by atoms with Gasteiger partial charge in [-0.3, -0.25) is 19.5 Å². The first-order valence-electron chi connectivity index (χ1n) is 10.2. The first-order valence-corrected chi connectivity index (χ1v) is 10.2. The number of carbonyl (C=O) groups excluding carboxylic acids is 3. The average Bonchev–Trinajstić information content (AvgIpc) is 3.09. The second-order valence-corrected chi connectivity index (χ2v) is 7.80. The SMILES string of the molecule is C[NH+]1CC2=C(Oc3c(cccc3C(=O)N3CCN(C(=O)c4ccccn4)CC3)N2)C1=O. The Morgan fingerprint density at radius 2 is 1.77 bits per heavy atom. The zero-order chi connectivity index (χ0) is 21.5. The molecule has 5 rings (SSSR count). The van der Waals surface area contributed by atoms with E-state index in [-0.39, 0.29) is 23.5 Å². The van der Waals surface area contributed by atoms with E-state index >= 15 is 0 Å². The summed E-state index contributed by atoms with van der Waals surface area (Å²) in [5, 5.41) is 3.24. The highest BCUT2D eigenvalue weighted by Gasteiger charge is 2.40. The summed E-state index contributed by atoms with van der Waals surface area (Å²) in [5.41, 5.74) is 2.21. The number of likely N-dealkylation sites (N-methyl/N-ethyl adjacent to an activating group) is 1. The number of nitrogens with zero attached hydrogens (tertiary/aromatic N) is 3. The molecule has 1 unspecified atom stereocenters. The molecule has 4 heterocycles. The van der Waals surface area contributed by atoms with Crippen LogP contribution in [0.2, 0.25) is 0 Å². The number of anilines is 1. The molecular formula is C22H22N5O4+. The minimum atomic E-state index is -0.182. The van der Waals surface area contributed by atoms with Crippen LogP contribution in [-0.4, -0.2) is 72.3 Å². The lowest BCUT2D eigenvalue weighted by atomic mass is 10.1. The number of hydrogen-bond donors (Lipinski definition) is 2. The van der Waals surface area contributed by atoms with Gasteiger partial charge in [0.05, 0.1) is 18.3 Å². The Hall–Kier alpha value is -3.72. The van der Waals surface area contributed by atoms with Gasteiger partial charge in [-0.15, -0.1) is 0 Å². The standard InChI is InChI=1S/C22H21N5O4/c1-25-13-17-19(22(25)30)31-18-14(5-4-7-15(18)24-17)20(28)26-9-11-27(12-10-26)21(29)16-6-2-3-8-23-16/h2-8,24H,9-13H2,1H3/p+1. The molecule has 0 radical (unpaired) electrons. The fourth-order valence-corrected chi connectivity index (χ4v) is 4.08. The molecule has 0 aliphatic carbocycles. The molecule has 9 nitrogen and oxygen atoms in total. The van der Waals surface area contributed by atoms with Crippen molar-refractivity contribution in [2.24, 2.45) is 0 Å². The molecule has 1 atom stereocenters. The molecule has 1 fully saturated rings. The summed E-state index contributed by atoms with van der Waals surface area (Å²) >= 11 is 0. The van der Waals surface area contributed by atoms with Crippen LogP contribution < -0.4 is 15.0 Å². The third kappa shape index (κ3) is 3.32. The summed E-state index contributed by atoms with van der Waals surface area (Å²) < 4.78 is 5.93. The van der Waals surface area contributed by atoms with E-state index in [4.69, 9.17) is 4.74 Å². The molecule has 0 spiro atoms. The van der Waals surface area contributed by atoms with Crippen molar-refractivity contribution in [3.63, 3.8) is 0 Å². The Labute approximate surface area is 178 Å². The summed E-state index contributed by atoms with van der Waals surface area (Å²) in [6.45, 7) is 2.20. The Morgan fingerprint density at radius 1 is 1.03 bits per heavy atom. The Kier molecular flexibility index (Phi) is 4.67. The molecule has 2 N–H and O–H groups in total. The highest BCUT2D eigenvalue weighted by molar-refractivity contribution is 6.01. The van der Waals surface area contributed by atoms with Gasteiger partial charge in [0, 0.05) is 32.4 Å². The maximum atomic E-state index is 13.3. The summed E-state index contributed by atoms with van der Waals surface area (Å²) in [7, 11) is 1.79. The highest BCUT2D eigenvalue weighted by Crippen LogP contribution is 2.37. The molecular weight excluding hydrogens is 398 g/mol. The van der Waals surface area contributed by atoms with Gasteiger partial charge in [-0.2, -0.15) is 0 Å². The number of fused-ring (bicyclic) bond motifs is 1. The maximum Gasteiger partial charge on any atom is 0.381 e. The van der Waals surface area contributed by atoms with Gasteiger partial charge >= 0.3 is 5.91 Å². The Bertz CT molecular complexity index is 1110. The fourth-order valence-electron chi connectivity index (χ4n) is 4.08. The lowest BCUT2D eigenvalue weighted by molar-refractivity contribution is -0.786. The monoisotopic (exact) mass is 420 g/mol. The molecule has 3 aliphatic rings. The molecule has 1 aromatic carbocycles. The van der Waals surface area contributed by atoms with Crippen molar-refractivity contribution in [2.75, 3.05) is 45.1 Å². The quantitative estimate of drug-likeness (QED) is 0.696. The van der Waals surface area contributed by atoms with Crippen LogP contribution >= 0.6 is 0 Å². The minimum Gasteiger partial charge on any atom is -0.443 e. The number of nitrogens with one attached hydrogen (secondary N) is 2. The van der Waals surface area contributed by atoms with Crippen LogP contribution in [0.3, 0.4) is 0 Å². The largest absolute Gasteiger partial charge is 0.443 e. The van der Waals surface area contributed by atoms with Gasteiger partial charge in [-0.1, -0.05) is 12.1 Å². The van der Waals surface area contributed by atoms with E-state index in [0.717, 1.165) is 5.70 Å². The molecule has 2 aromatic rings. The lowest BCUT2D eigenvalue weighted by Crippen LogP contribution is -3.10. The first kappa shape index (κ1) is 19.3. The normalized spacial score (nSPS) is 20.0. The number of hydrogen-bond acceptors (Lipinski definition) is 6. The van der Waals surface area contributed by atoms with E-state index in [1.54, 1.807) is 53.4 Å². The number of piperazine rings is 1. The molecule has 0 bridgehead atoms. The first-order chi connectivity index (χ1) is 15.0. The topological polar surface area (TPSA) is 96.3 Å². The van der Waals surface area contributed by atoms with Crippen molar-refractivity contribution >= 4 is 23.4 Å². The van der Waals surface area contributed by atoms with Gasteiger partial charge in [0.2, 0.25) is 0 Å². The maximum absolute atomic E-state index is 13.3. The van der Waals surface area contributed by atoms with Crippen LogP contribution in [0, 0.1) is 0 Å². The zero-order valence-electron chi connectivity index (χ0n) is 17.1. The summed E-state index contributed by atoms with van der Waals surface area (Å²) in [5.74, 6) is 0.205. The van der Waals surface area contributed by atoms with Crippen LogP contribution in [0.25, 0.3) is 0 Å². The van der Waals surface area contributed by atoms with Crippen LogP contribution in [0.15, 0.2) is 54.1 Å². The van der Waals surface area contributed by atoms with Crippen molar-refractivity contribution < 1.29 is 24.0 Å². The zero-order valence-corrected chi connectivity index (χ0v) is 17.1. The second-order valence-electron chi connectivity index (χ2n) is 7.80. The van der Waals surface area contributed by atoms with Gasteiger partial charge in [-0.25, -0.2) is 4.79 Å². The van der Waals surface area contributed by atoms with Crippen molar-refractivity contribution in [2.45, 2.75) is 0 Å². The molecule has 1 saturated heterocycles. The van der Waals surface area contributed by atoms with Gasteiger partial charge in [0.15, 0.2) is 5.75 Å². The average molecular weight is 420 g/mol. The van der Waals surface area contributed by atoms with E-state index in [0.29, 0.717) is 60.3 Å². The summed E-state index contributed by atoms with van der Waals surface area (Å²) in [6, 6.07) is 10.6. The Morgan fingerprint density at radius 3 is 2.48 bits per heavy atom. The number of amides is 3. The third-order valence-electron chi connectivity index (χ3n) is 5.78. The smallest absolute Gasteiger partial charge is 0.381 e. The number of para-hydroxylation sites is 1. The second kappa shape index (κ2) is 7.51. The van der Waals surface area contributed by atoms with Gasteiger partial charge < -0.3 is 19.9 Å². The van der Waals surface area contributed by atoms with E-state index in [9.17, 15) is 14.4 Å². The van der Waals surface area contributed by atoms with Gasteiger partial charge in [0.25, 0.3) is 17.6 Å². The molecule has 3 aliphatic heterocycles. The number of carbonyl (C=O) groups is 3. The molecule has 158 valence electrons. The van der Waals surface area contributed by atoms with Gasteiger partial charge in [0.1, 0.15) is 17.9 Å². The summed E-state index contributed by atoms with van der Waals surface area (Å²) in [4.78, 5) is 46.4. The predicted octanol–water partition coefficient (Wildman–Crippen LogP) is -0.249. The van der Waals surface area contributed by atoms with Crippen molar-refractivity contribution in [3.05, 3.63) is 65.3 Å². The lowest BCUT2D eigenvalue weighted by Gasteiger charge is -2.35. The van der Waals surface area contributed by atoms with E-state index in [1.807, 2.05) is 6.07 Å². The van der Waals surface area contributed by atoms with Crippen molar-refractivity contribution in [1.29, 1.82) is 0 Å². The Balaban J connectivity index is 1.30. The minimum absolute atomic E-state index is 0.128. The van der Waals surface area contributed by atoms with E-state index in [2.05, 4.69) is 10.3 Å². The third-order valence-corrected chi connectivity index (χ3v) is 5.78. The number of pyridine rings is 1. The number of benzene rings is 1. The van der Waals surface area contributed by atoms with Gasteiger partial charge in [-0.05, 0) is 24.3 Å². The van der Waals surface area contributed by atoms with Crippen LogP contribution in [-0.2, 0) is 4.79 Å². The number of rotatable bonds is 2. The number of quaternary nitrogens is 1.